The van der Waals surface area contributed by atoms with Crippen molar-refractivity contribution in [2.75, 3.05) is 26.2 Å². The first-order chi connectivity index (χ1) is 14.6. The van der Waals surface area contributed by atoms with Gasteiger partial charge in [0, 0.05) is 42.0 Å². The number of carboxylic acids is 1. The maximum Gasteiger partial charge on any atom is 0.335 e. The minimum absolute atomic E-state index is 0.0455. The normalized spacial score (nSPS) is 18.8. The summed E-state index contributed by atoms with van der Waals surface area (Å²) in [6.07, 6.45) is 0.661. The Bertz CT molecular complexity index is 1120. The highest BCUT2D eigenvalue weighted by Gasteiger charge is 2.56. The first kappa shape index (κ1) is 22.0. The van der Waals surface area contributed by atoms with Gasteiger partial charge >= 0.3 is 5.97 Å². The van der Waals surface area contributed by atoms with E-state index in [-0.39, 0.29) is 27.7 Å². The van der Waals surface area contributed by atoms with Gasteiger partial charge in [0.1, 0.15) is 0 Å². The average Bonchev–Trinajstić information content (AvgIpc) is 2.65. The second-order valence-corrected chi connectivity index (χ2v) is 11.4. The molecule has 2 aromatic carbocycles. The zero-order valence-electron chi connectivity index (χ0n) is 17.0. The van der Waals surface area contributed by atoms with E-state index >= 15 is 0 Å². The van der Waals surface area contributed by atoms with E-state index in [2.05, 4.69) is 15.9 Å². The van der Waals surface area contributed by atoms with Gasteiger partial charge in [-0.15, -0.1) is 0 Å². The SMILES string of the molecule is CC(Cc1cccc(Br)c1)C(=O)N1CC2(C1)CN(S(=O)(=O)c1ccc(C(=O)O)cc1)C2. The fourth-order valence-electron chi connectivity index (χ4n) is 4.33. The number of likely N-dealkylation sites (tertiary alicyclic amines) is 1. The number of sulfonamides is 1. The molecule has 2 heterocycles. The molecular weight excluding hydrogens is 484 g/mol. The van der Waals surface area contributed by atoms with Crippen molar-refractivity contribution in [3.05, 3.63) is 64.1 Å². The van der Waals surface area contributed by atoms with Gasteiger partial charge < -0.3 is 10.0 Å². The Morgan fingerprint density at radius 3 is 2.32 bits per heavy atom. The summed E-state index contributed by atoms with van der Waals surface area (Å²) in [6, 6.07) is 13.2. The number of hydrogen-bond donors (Lipinski definition) is 1. The summed E-state index contributed by atoms with van der Waals surface area (Å²) in [7, 11) is -3.66. The van der Waals surface area contributed by atoms with Gasteiger partial charge in [-0.05, 0) is 48.4 Å². The molecule has 9 heteroatoms. The highest BCUT2D eigenvalue weighted by atomic mass is 79.9. The van der Waals surface area contributed by atoms with E-state index in [4.69, 9.17) is 5.11 Å². The molecule has 4 rings (SSSR count). The monoisotopic (exact) mass is 506 g/mol. The lowest BCUT2D eigenvalue weighted by Crippen LogP contribution is -2.73. The Labute approximate surface area is 189 Å². The molecule has 0 radical (unpaired) electrons. The van der Waals surface area contributed by atoms with Crippen LogP contribution in [0.5, 0.6) is 0 Å². The zero-order valence-corrected chi connectivity index (χ0v) is 19.4. The van der Waals surface area contributed by atoms with E-state index in [1.165, 1.54) is 28.6 Å². The number of halogens is 1. The van der Waals surface area contributed by atoms with Gasteiger partial charge in [0.2, 0.25) is 15.9 Å². The minimum atomic E-state index is -3.66. The number of rotatable bonds is 6. The van der Waals surface area contributed by atoms with Crippen LogP contribution in [0.1, 0.15) is 22.8 Å². The Hall–Kier alpha value is -2.23. The molecule has 7 nitrogen and oxygen atoms in total. The van der Waals surface area contributed by atoms with Crippen molar-refractivity contribution < 1.29 is 23.1 Å². The molecule has 1 atom stereocenters. The summed E-state index contributed by atoms with van der Waals surface area (Å²) in [5, 5.41) is 8.96. The van der Waals surface area contributed by atoms with Crippen molar-refractivity contribution in [1.29, 1.82) is 0 Å². The number of carbonyl (C=O) groups is 2. The van der Waals surface area contributed by atoms with Crippen LogP contribution in [0.3, 0.4) is 0 Å². The second-order valence-electron chi connectivity index (χ2n) is 8.53. The van der Waals surface area contributed by atoms with Gasteiger partial charge in [0.25, 0.3) is 0 Å². The van der Waals surface area contributed by atoms with Crippen LogP contribution in [0, 0.1) is 11.3 Å². The molecule has 2 aromatic rings. The van der Waals surface area contributed by atoms with Crippen LogP contribution >= 0.6 is 15.9 Å². The third-order valence-electron chi connectivity index (χ3n) is 5.98. The summed E-state index contributed by atoms with van der Waals surface area (Å²) < 4.78 is 27.9. The summed E-state index contributed by atoms with van der Waals surface area (Å²) in [5.41, 5.74) is 0.976. The molecular formula is C22H23BrN2O5S. The van der Waals surface area contributed by atoms with Gasteiger partial charge in [-0.1, -0.05) is 35.0 Å². The molecule has 1 spiro atoms. The van der Waals surface area contributed by atoms with Gasteiger partial charge in [-0.3, -0.25) is 4.79 Å². The van der Waals surface area contributed by atoms with Gasteiger partial charge in [-0.2, -0.15) is 4.31 Å². The van der Waals surface area contributed by atoms with Crippen LogP contribution in [0.25, 0.3) is 0 Å². The average molecular weight is 507 g/mol. The number of carbonyl (C=O) groups excluding carboxylic acids is 1. The van der Waals surface area contributed by atoms with Crippen molar-refractivity contribution in [2.45, 2.75) is 18.2 Å². The van der Waals surface area contributed by atoms with E-state index in [1.807, 2.05) is 36.1 Å². The molecule has 0 aromatic heterocycles. The smallest absolute Gasteiger partial charge is 0.335 e. The molecule has 1 N–H and O–H groups in total. The molecule has 31 heavy (non-hydrogen) atoms. The van der Waals surface area contributed by atoms with Crippen LogP contribution in [-0.2, 0) is 21.2 Å². The number of carboxylic acid groups (broad SMARTS) is 1. The summed E-state index contributed by atoms with van der Waals surface area (Å²) >= 11 is 3.45. The van der Waals surface area contributed by atoms with Gasteiger partial charge in [-0.25, -0.2) is 13.2 Å². The molecule has 1 amide bonds. The van der Waals surface area contributed by atoms with Gasteiger partial charge in [0.15, 0.2) is 0 Å². The first-order valence-electron chi connectivity index (χ1n) is 9.96. The maximum absolute atomic E-state index is 12.8. The van der Waals surface area contributed by atoms with Crippen LogP contribution in [0.4, 0.5) is 0 Å². The highest BCUT2D eigenvalue weighted by Crippen LogP contribution is 2.42. The number of nitrogens with zero attached hydrogens (tertiary/aromatic N) is 2. The molecule has 2 fully saturated rings. The van der Waals surface area contributed by atoms with Crippen molar-refractivity contribution in [3.63, 3.8) is 0 Å². The third-order valence-corrected chi connectivity index (χ3v) is 8.28. The van der Waals surface area contributed by atoms with E-state index in [9.17, 15) is 18.0 Å². The lowest BCUT2D eigenvalue weighted by atomic mass is 9.74. The highest BCUT2D eigenvalue weighted by molar-refractivity contribution is 9.10. The summed E-state index contributed by atoms with van der Waals surface area (Å²) in [6.45, 7) is 3.81. The van der Waals surface area contributed by atoms with Crippen molar-refractivity contribution in [3.8, 4) is 0 Å². The Kier molecular flexibility index (Phi) is 5.70. The summed E-state index contributed by atoms with van der Waals surface area (Å²) in [4.78, 5) is 25.6. The Morgan fingerprint density at radius 1 is 1.10 bits per heavy atom. The molecule has 2 aliphatic heterocycles. The molecule has 1 unspecified atom stereocenters. The predicted molar refractivity (Wildman–Crippen MR) is 118 cm³/mol. The fourth-order valence-corrected chi connectivity index (χ4v) is 6.44. The van der Waals surface area contributed by atoms with E-state index in [0.29, 0.717) is 32.6 Å². The van der Waals surface area contributed by atoms with Crippen LogP contribution in [0.2, 0.25) is 0 Å². The first-order valence-corrected chi connectivity index (χ1v) is 12.2. The predicted octanol–water partition coefficient (Wildman–Crippen LogP) is 2.86. The number of amides is 1. The number of benzene rings is 2. The van der Waals surface area contributed by atoms with Crippen LogP contribution in [-0.4, -0.2) is 60.8 Å². The maximum atomic E-state index is 12.8. The molecule has 2 aliphatic rings. The quantitative estimate of drug-likeness (QED) is 0.649. The summed E-state index contributed by atoms with van der Waals surface area (Å²) in [5.74, 6) is -1.14. The van der Waals surface area contributed by atoms with Crippen molar-refractivity contribution >= 4 is 37.8 Å². The van der Waals surface area contributed by atoms with Gasteiger partial charge in [0.05, 0.1) is 10.5 Å². The number of aromatic carboxylic acids is 1. The largest absolute Gasteiger partial charge is 0.478 e. The van der Waals surface area contributed by atoms with E-state index in [0.717, 1.165) is 10.0 Å². The van der Waals surface area contributed by atoms with Crippen LogP contribution in [0.15, 0.2) is 57.9 Å². The lowest BCUT2D eigenvalue weighted by Gasteiger charge is -2.59. The van der Waals surface area contributed by atoms with E-state index < -0.39 is 16.0 Å². The lowest BCUT2D eigenvalue weighted by molar-refractivity contribution is -0.155. The molecule has 0 aliphatic carbocycles. The molecule has 0 bridgehead atoms. The Morgan fingerprint density at radius 2 is 1.74 bits per heavy atom. The Balaban J connectivity index is 1.31. The van der Waals surface area contributed by atoms with Crippen molar-refractivity contribution in [2.24, 2.45) is 11.3 Å². The van der Waals surface area contributed by atoms with Crippen molar-refractivity contribution in [1.82, 2.24) is 9.21 Å². The fraction of sp³-hybridized carbons (Fsp3) is 0.364. The molecule has 164 valence electrons. The molecule has 0 saturated carbocycles. The third kappa shape index (κ3) is 4.26. The molecule has 2 saturated heterocycles. The topological polar surface area (TPSA) is 95.0 Å². The number of hydrogen-bond acceptors (Lipinski definition) is 4. The van der Waals surface area contributed by atoms with E-state index in [1.54, 1.807) is 0 Å². The zero-order chi connectivity index (χ0) is 22.4. The standard InChI is InChI=1S/C22H23BrN2O5S/c1-15(9-16-3-2-4-18(23)10-16)20(26)24-11-22(12-24)13-25(14-22)31(29,30)19-7-5-17(6-8-19)21(27)28/h2-8,10,15H,9,11-14H2,1H3,(H,27,28). The second kappa shape index (κ2) is 8.03. The minimum Gasteiger partial charge on any atom is -0.478 e. The van der Waals surface area contributed by atoms with Crippen LogP contribution < -0.4 is 0 Å².